The third kappa shape index (κ3) is 4.06. The van der Waals surface area contributed by atoms with Crippen LogP contribution in [0, 0.1) is 5.92 Å². The van der Waals surface area contributed by atoms with Crippen LogP contribution in [0.2, 0.25) is 0 Å². The molecule has 0 aromatic heterocycles. The van der Waals surface area contributed by atoms with E-state index in [1.807, 2.05) is 0 Å². The molecule has 0 aromatic carbocycles. The molecule has 104 valence electrons. The normalized spacial score (nSPS) is 31.2. The number of likely N-dealkylation sites (tertiary alicyclic amines) is 1. The van der Waals surface area contributed by atoms with Crippen molar-refractivity contribution in [2.45, 2.75) is 50.6 Å². The topological polar surface area (TPSA) is 44.4 Å². The Morgan fingerprint density at radius 1 is 1.06 bits per heavy atom. The number of hydrogen-bond donors (Lipinski definition) is 2. The van der Waals surface area contributed by atoms with Crippen molar-refractivity contribution < 1.29 is 4.79 Å². The molecule has 0 radical (unpaired) electrons. The smallest absolute Gasteiger partial charge is 0.223 e. The number of carbonyl (C=O) groups excluding carboxylic acids is 1. The molecular formula is C13H24IN3O. The minimum atomic E-state index is 0.255. The number of carbonyl (C=O) groups is 1. The van der Waals surface area contributed by atoms with Gasteiger partial charge in [0.25, 0.3) is 0 Å². The van der Waals surface area contributed by atoms with Gasteiger partial charge in [0.15, 0.2) is 0 Å². The number of rotatable bonds is 3. The third-order valence-electron chi connectivity index (χ3n) is 4.32. The molecule has 2 fully saturated rings. The molecule has 2 aliphatic rings. The first kappa shape index (κ1) is 14.5. The lowest BCUT2D eigenvalue weighted by molar-refractivity contribution is -0.127. The van der Waals surface area contributed by atoms with Gasteiger partial charge in [-0.15, -0.1) is 0 Å². The monoisotopic (exact) mass is 365 g/mol. The summed E-state index contributed by atoms with van der Waals surface area (Å²) in [5.41, 5.74) is 0. The first-order valence-corrected chi connectivity index (χ1v) is 8.12. The van der Waals surface area contributed by atoms with E-state index in [0.29, 0.717) is 18.0 Å². The van der Waals surface area contributed by atoms with Crippen LogP contribution in [0.4, 0.5) is 0 Å². The van der Waals surface area contributed by atoms with Crippen LogP contribution in [0.1, 0.15) is 38.5 Å². The van der Waals surface area contributed by atoms with E-state index in [9.17, 15) is 4.79 Å². The Morgan fingerprint density at radius 2 is 1.67 bits per heavy atom. The molecule has 1 saturated carbocycles. The molecule has 18 heavy (non-hydrogen) atoms. The van der Waals surface area contributed by atoms with Gasteiger partial charge in [-0.2, -0.15) is 0 Å². The summed E-state index contributed by atoms with van der Waals surface area (Å²) in [5, 5.41) is 3.25. The first-order valence-electron chi connectivity index (χ1n) is 7.04. The molecule has 0 unspecified atom stereocenters. The highest BCUT2D eigenvalue weighted by atomic mass is 127. The van der Waals surface area contributed by atoms with E-state index >= 15 is 0 Å². The van der Waals surface area contributed by atoms with Gasteiger partial charge in [0.2, 0.25) is 5.91 Å². The molecule has 1 amide bonds. The minimum absolute atomic E-state index is 0.255. The number of halogens is 1. The van der Waals surface area contributed by atoms with E-state index in [1.54, 1.807) is 0 Å². The molecule has 0 atom stereocenters. The van der Waals surface area contributed by atoms with Crippen molar-refractivity contribution >= 4 is 28.8 Å². The van der Waals surface area contributed by atoms with Crippen LogP contribution in [-0.2, 0) is 4.79 Å². The predicted octanol–water partition coefficient (Wildman–Crippen LogP) is 1.70. The second kappa shape index (κ2) is 7.05. The fourth-order valence-electron chi connectivity index (χ4n) is 2.94. The van der Waals surface area contributed by atoms with E-state index in [0.717, 1.165) is 51.6 Å². The van der Waals surface area contributed by atoms with Gasteiger partial charge in [-0.25, -0.2) is 0 Å². The van der Waals surface area contributed by atoms with E-state index in [1.165, 1.54) is 0 Å². The molecular weight excluding hydrogens is 341 g/mol. The summed E-state index contributed by atoms with van der Waals surface area (Å²) in [4.78, 5) is 14.5. The highest BCUT2D eigenvalue weighted by Crippen LogP contribution is 2.25. The summed E-state index contributed by atoms with van der Waals surface area (Å²) >= 11 is 2.22. The molecule has 0 aromatic rings. The van der Waals surface area contributed by atoms with Crippen LogP contribution < -0.4 is 8.85 Å². The van der Waals surface area contributed by atoms with Crippen LogP contribution in [-0.4, -0.2) is 43.0 Å². The van der Waals surface area contributed by atoms with Crippen molar-refractivity contribution in [3.05, 3.63) is 0 Å². The largest absolute Gasteiger partial charge is 0.353 e. The van der Waals surface area contributed by atoms with Crippen molar-refractivity contribution in [2.24, 2.45) is 5.92 Å². The fraction of sp³-hybridized carbons (Fsp3) is 0.923. The molecule has 5 heteroatoms. The van der Waals surface area contributed by atoms with E-state index < -0.39 is 0 Å². The van der Waals surface area contributed by atoms with Crippen LogP contribution >= 0.6 is 22.9 Å². The molecule has 1 aliphatic carbocycles. The zero-order valence-corrected chi connectivity index (χ0v) is 13.3. The highest BCUT2D eigenvalue weighted by molar-refractivity contribution is 14.1. The van der Waals surface area contributed by atoms with Gasteiger partial charge >= 0.3 is 0 Å². The van der Waals surface area contributed by atoms with Gasteiger partial charge in [-0.05, 0) is 58.7 Å². The number of hydrogen-bond acceptors (Lipinski definition) is 3. The van der Waals surface area contributed by atoms with Crippen LogP contribution in [0.15, 0.2) is 0 Å². The summed E-state index contributed by atoms with van der Waals surface area (Å²) in [6, 6.07) is 1.02. The predicted molar refractivity (Wildman–Crippen MR) is 81.6 cm³/mol. The molecule has 1 aliphatic heterocycles. The SMILES string of the molecule is CN1CCC(NC(=O)C2CCC(NI)CC2)CC1. The van der Waals surface area contributed by atoms with Gasteiger partial charge < -0.3 is 10.2 Å². The molecule has 0 spiro atoms. The average Bonchev–Trinajstić information content (AvgIpc) is 2.41. The maximum absolute atomic E-state index is 12.2. The van der Waals surface area contributed by atoms with Gasteiger partial charge in [-0.3, -0.25) is 8.32 Å². The second-order valence-electron chi connectivity index (χ2n) is 5.74. The van der Waals surface area contributed by atoms with Crippen LogP contribution in [0.25, 0.3) is 0 Å². The van der Waals surface area contributed by atoms with Crippen molar-refractivity contribution in [1.29, 1.82) is 0 Å². The van der Waals surface area contributed by atoms with E-state index in [4.69, 9.17) is 0 Å². The summed E-state index contributed by atoms with van der Waals surface area (Å²) < 4.78 is 3.28. The summed E-state index contributed by atoms with van der Waals surface area (Å²) in [6.45, 7) is 2.22. The Balaban J connectivity index is 1.72. The van der Waals surface area contributed by atoms with Gasteiger partial charge in [0.05, 0.1) is 0 Å². The third-order valence-corrected chi connectivity index (χ3v) is 5.20. The van der Waals surface area contributed by atoms with Crippen LogP contribution in [0.5, 0.6) is 0 Å². The van der Waals surface area contributed by atoms with Crippen molar-refractivity contribution in [3.8, 4) is 0 Å². The lowest BCUT2D eigenvalue weighted by Crippen LogP contribution is -2.46. The number of piperidine rings is 1. The summed E-state index contributed by atoms with van der Waals surface area (Å²) in [7, 11) is 2.15. The van der Waals surface area contributed by atoms with Crippen molar-refractivity contribution in [1.82, 2.24) is 13.7 Å². The molecule has 1 heterocycles. The molecule has 1 saturated heterocycles. The lowest BCUT2D eigenvalue weighted by atomic mass is 9.85. The molecule has 0 bridgehead atoms. The maximum atomic E-state index is 12.2. The van der Waals surface area contributed by atoms with Crippen molar-refractivity contribution in [2.75, 3.05) is 20.1 Å². The fourth-order valence-corrected chi connectivity index (χ4v) is 3.56. The van der Waals surface area contributed by atoms with Crippen LogP contribution in [0.3, 0.4) is 0 Å². The van der Waals surface area contributed by atoms with Gasteiger partial charge in [0, 0.05) is 40.9 Å². The van der Waals surface area contributed by atoms with Crippen molar-refractivity contribution in [3.63, 3.8) is 0 Å². The molecule has 2 rings (SSSR count). The Morgan fingerprint density at radius 3 is 2.22 bits per heavy atom. The Labute approximate surface area is 124 Å². The first-order chi connectivity index (χ1) is 8.69. The zero-order chi connectivity index (χ0) is 13.0. The average molecular weight is 365 g/mol. The standard InChI is InChI=1S/C13H24IN3O/c1-17-8-6-11(7-9-17)15-13(18)10-2-4-12(16-14)5-3-10/h10-12,16H,2-9H2,1H3,(H,15,18). The molecule has 4 nitrogen and oxygen atoms in total. The van der Waals surface area contributed by atoms with E-state index in [-0.39, 0.29) is 5.92 Å². The molecule has 2 N–H and O–H groups in total. The van der Waals surface area contributed by atoms with Gasteiger partial charge in [-0.1, -0.05) is 0 Å². The number of amides is 1. The number of nitrogens with one attached hydrogen (secondary N) is 2. The zero-order valence-electron chi connectivity index (χ0n) is 11.1. The Bertz CT molecular complexity index is 271. The second-order valence-corrected chi connectivity index (χ2v) is 6.37. The summed E-state index contributed by atoms with van der Waals surface area (Å²) in [6.07, 6.45) is 6.56. The Kier molecular flexibility index (Phi) is 5.69. The lowest BCUT2D eigenvalue weighted by Gasteiger charge is -2.32. The van der Waals surface area contributed by atoms with Gasteiger partial charge in [0.1, 0.15) is 0 Å². The quantitative estimate of drug-likeness (QED) is 0.591. The maximum Gasteiger partial charge on any atom is 0.223 e. The summed E-state index contributed by atoms with van der Waals surface area (Å²) in [5.74, 6) is 0.558. The Hall–Kier alpha value is 0.120. The number of nitrogens with zero attached hydrogens (tertiary/aromatic N) is 1. The van der Waals surface area contributed by atoms with E-state index in [2.05, 4.69) is 43.7 Å². The highest BCUT2D eigenvalue weighted by Gasteiger charge is 2.27. The minimum Gasteiger partial charge on any atom is -0.353 e.